The predicted molar refractivity (Wildman–Crippen MR) is 98.3 cm³/mol. The first kappa shape index (κ1) is 17.3. The molecule has 3 heterocycles. The van der Waals surface area contributed by atoms with Crippen molar-refractivity contribution in [2.75, 3.05) is 6.54 Å². The molecule has 0 bridgehead atoms. The number of amides is 1. The Morgan fingerprint density at radius 3 is 2.85 bits per heavy atom. The zero-order chi connectivity index (χ0) is 18.6. The third kappa shape index (κ3) is 3.86. The van der Waals surface area contributed by atoms with Crippen molar-refractivity contribution in [3.05, 3.63) is 65.8 Å². The SMILES string of the molecule is CC(NC(=O)c1ccc(C2CCNN2)cc1)c1nc(-c2cccnc2)no1. The lowest BCUT2D eigenvalue weighted by molar-refractivity contribution is 0.0932. The van der Waals surface area contributed by atoms with Gasteiger partial charge in [0.1, 0.15) is 6.04 Å². The van der Waals surface area contributed by atoms with Crippen LogP contribution in [0.25, 0.3) is 11.4 Å². The average Bonchev–Trinajstić information content (AvgIpc) is 3.41. The van der Waals surface area contributed by atoms with Crippen molar-refractivity contribution in [1.82, 2.24) is 31.3 Å². The Morgan fingerprint density at radius 2 is 2.15 bits per heavy atom. The van der Waals surface area contributed by atoms with Crippen LogP contribution >= 0.6 is 0 Å². The van der Waals surface area contributed by atoms with Crippen LogP contribution in [0.15, 0.2) is 53.3 Å². The third-order valence-electron chi connectivity index (χ3n) is 4.49. The van der Waals surface area contributed by atoms with Crippen molar-refractivity contribution >= 4 is 5.91 Å². The minimum Gasteiger partial charge on any atom is -0.341 e. The molecule has 4 rings (SSSR count). The number of carbonyl (C=O) groups excluding carboxylic acids is 1. The molecule has 8 nitrogen and oxygen atoms in total. The molecule has 2 atom stereocenters. The Bertz CT molecular complexity index is 903. The molecule has 1 saturated heterocycles. The molecule has 1 aliphatic heterocycles. The molecule has 0 radical (unpaired) electrons. The number of nitrogens with zero attached hydrogens (tertiary/aromatic N) is 3. The molecule has 1 amide bonds. The number of hydrogen-bond acceptors (Lipinski definition) is 7. The summed E-state index contributed by atoms with van der Waals surface area (Å²) in [6.45, 7) is 2.75. The number of hydrogen-bond donors (Lipinski definition) is 3. The molecule has 0 aliphatic carbocycles. The van der Waals surface area contributed by atoms with Crippen LogP contribution in [0, 0.1) is 0 Å². The standard InChI is InChI=1S/C19H20N6O2/c1-12(19-23-17(25-27-19)15-3-2-9-20-11-15)22-18(26)14-6-4-13(5-7-14)16-8-10-21-24-16/h2-7,9,11-12,16,21,24H,8,10H2,1H3,(H,22,26). The largest absolute Gasteiger partial charge is 0.341 e. The Morgan fingerprint density at radius 1 is 1.30 bits per heavy atom. The van der Waals surface area contributed by atoms with Crippen LogP contribution in [-0.4, -0.2) is 27.6 Å². The lowest BCUT2D eigenvalue weighted by atomic mass is 10.0. The first-order valence-electron chi connectivity index (χ1n) is 8.84. The molecular formula is C19H20N6O2. The van der Waals surface area contributed by atoms with Crippen molar-refractivity contribution in [2.24, 2.45) is 0 Å². The minimum atomic E-state index is -0.407. The fourth-order valence-corrected chi connectivity index (χ4v) is 2.97. The maximum atomic E-state index is 12.5. The molecule has 138 valence electrons. The van der Waals surface area contributed by atoms with Crippen LogP contribution in [0.5, 0.6) is 0 Å². The van der Waals surface area contributed by atoms with Gasteiger partial charge in [0.15, 0.2) is 0 Å². The molecule has 1 aliphatic rings. The summed E-state index contributed by atoms with van der Waals surface area (Å²) < 4.78 is 5.29. The molecule has 3 aromatic rings. The van der Waals surface area contributed by atoms with Gasteiger partial charge in [-0.3, -0.25) is 20.6 Å². The quantitative estimate of drug-likeness (QED) is 0.637. The second-order valence-corrected chi connectivity index (χ2v) is 6.43. The van der Waals surface area contributed by atoms with Crippen LogP contribution in [0.2, 0.25) is 0 Å². The Kier molecular flexibility index (Phi) is 4.91. The monoisotopic (exact) mass is 364 g/mol. The maximum Gasteiger partial charge on any atom is 0.251 e. The topological polar surface area (TPSA) is 105 Å². The van der Waals surface area contributed by atoms with Crippen molar-refractivity contribution in [3.8, 4) is 11.4 Å². The normalized spacial score (nSPS) is 17.6. The molecule has 8 heteroatoms. The number of aromatic nitrogens is 3. The van der Waals surface area contributed by atoms with Crippen LogP contribution in [0.4, 0.5) is 0 Å². The summed E-state index contributed by atoms with van der Waals surface area (Å²) in [6.07, 6.45) is 4.37. The number of rotatable bonds is 5. The van der Waals surface area contributed by atoms with Gasteiger partial charge in [0, 0.05) is 36.1 Å². The maximum absolute atomic E-state index is 12.5. The molecule has 27 heavy (non-hydrogen) atoms. The molecule has 2 aromatic heterocycles. The number of benzene rings is 1. The zero-order valence-corrected chi connectivity index (χ0v) is 14.8. The van der Waals surface area contributed by atoms with Crippen molar-refractivity contribution in [3.63, 3.8) is 0 Å². The van der Waals surface area contributed by atoms with E-state index in [-0.39, 0.29) is 11.9 Å². The number of hydrazine groups is 1. The number of carbonyl (C=O) groups is 1. The van der Waals surface area contributed by atoms with Gasteiger partial charge in [-0.15, -0.1) is 0 Å². The molecule has 1 fully saturated rings. The molecular weight excluding hydrogens is 344 g/mol. The molecule has 3 N–H and O–H groups in total. The van der Waals surface area contributed by atoms with E-state index in [1.165, 1.54) is 0 Å². The summed E-state index contributed by atoms with van der Waals surface area (Å²) in [4.78, 5) is 20.9. The summed E-state index contributed by atoms with van der Waals surface area (Å²) in [5.41, 5.74) is 8.82. The van der Waals surface area contributed by atoms with Crippen LogP contribution < -0.4 is 16.2 Å². The van der Waals surface area contributed by atoms with Gasteiger partial charge in [0.2, 0.25) is 11.7 Å². The summed E-state index contributed by atoms with van der Waals surface area (Å²) in [5.74, 6) is 0.606. The molecule has 0 saturated carbocycles. The van der Waals surface area contributed by atoms with E-state index in [1.54, 1.807) is 25.4 Å². The predicted octanol–water partition coefficient (Wildman–Crippen LogP) is 2.16. The summed E-state index contributed by atoms with van der Waals surface area (Å²) >= 11 is 0. The highest BCUT2D eigenvalue weighted by Crippen LogP contribution is 2.20. The molecule has 1 aromatic carbocycles. The summed E-state index contributed by atoms with van der Waals surface area (Å²) in [5, 5.41) is 6.84. The van der Waals surface area contributed by atoms with E-state index in [0.29, 0.717) is 17.3 Å². The van der Waals surface area contributed by atoms with E-state index in [2.05, 4.69) is 31.3 Å². The van der Waals surface area contributed by atoms with E-state index >= 15 is 0 Å². The van der Waals surface area contributed by atoms with Crippen molar-refractivity contribution in [1.29, 1.82) is 0 Å². The Hall–Kier alpha value is -3.10. The fraction of sp³-hybridized carbons (Fsp3) is 0.263. The van der Waals surface area contributed by atoms with Crippen LogP contribution in [0.3, 0.4) is 0 Å². The number of nitrogens with one attached hydrogen (secondary N) is 3. The van der Waals surface area contributed by atoms with Crippen molar-refractivity contribution in [2.45, 2.75) is 25.4 Å². The molecule has 2 unspecified atom stereocenters. The summed E-state index contributed by atoms with van der Waals surface area (Å²) in [6, 6.07) is 11.1. The van der Waals surface area contributed by atoms with Gasteiger partial charge in [0.05, 0.1) is 0 Å². The summed E-state index contributed by atoms with van der Waals surface area (Å²) in [7, 11) is 0. The average molecular weight is 364 g/mol. The lowest BCUT2D eigenvalue weighted by Gasteiger charge is -2.12. The second kappa shape index (κ2) is 7.65. The van der Waals surface area contributed by atoms with Gasteiger partial charge in [-0.1, -0.05) is 17.3 Å². The first-order valence-corrected chi connectivity index (χ1v) is 8.84. The van der Waals surface area contributed by atoms with E-state index in [4.69, 9.17) is 4.52 Å². The Labute approximate surface area is 156 Å². The van der Waals surface area contributed by atoms with E-state index in [1.807, 2.05) is 30.3 Å². The molecule has 0 spiro atoms. The van der Waals surface area contributed by atoms with E-state index in [0.717, 1.165) is 24.1 Å². The highest BCUT2D eigenvalue weighted by Gasteiger charge is 2.19. The van der Waals surface area contributed by atoms with Gasteiger partial charge in [-0.2, -0.15) is 4.98 Å². The minimum absolute atomic E-state index is 0.187. The zero-order valence-electron chi connectivity index (χ0n) is 14.8. The first-order chi connectivity index (χ1) is 13.2. The van der Waals surface area contributed by atoms with Gasteiger partial charge in [-0.25, -0.2) is 0 Å². The smallest absolute Gasteiger partial charge is 0.251 e. The van der Waals surface area contributed by atoms with Gasteiger partial charge in [0.25, 0.3) is 5.91 Å². The van der Waals surface area contributed by atoms with E-state index in [9.17, 15) is 4.79 Å². The number of pyridine rings is 1. The highest BCUT2D eigenvalue weighted by molar-refractivity contribution is 5.94. The lowest BCUT2D eigenvalue weighted by Crippen LogP contribution is -2.27. The van der Waals surface area contributed by atoms with Crippen LogP contribution in [-0.2, 0) is 0 Å². The van der Waals surface area contributed by atoms with Gasteiger partial charge >= 0.3 is 0 Å². The fourth-order valence-electron chi connectivity index (χ4n) is 2.97. The second-order valence-electron chi connectivity index (χ2n) is 6.43. The highest BCUT2D eigenvalue weighted by atomic mass is 16.5. The van der Waals surface area contributed by atoms with Gasteiger partial charge < -0.3 is 9.84 Å². The Balaban J connectivity index is 1.41. The van der Waals surface area contributed by atoms with Crippen molar-refractivity contribution < 1.29 is 9.32 Å². The van der Waals surface area contributed by atoms with E-state index < -0.39 is 6.04 Å². The van der Waals surface area contributed by atoms with Crippen LogP contribution in [0.1, 0.15) is 47.2 Å². The third-order valence-corrected chi connectivity index (χ3v) is 4.49. The van der Waals surface area contributed by atoms with Gasteiger partial charge in [-0.05, 0) is 43.2 Å².